The monoisotopic (exact) mass is 357 g/mol. The molecule has 1 saturated heterocycles. The minimum absolute atomic E-state index is 0.0661. The summed E-state index contributed by atoms with van der Waals surface area (Å²) in [5.74, 6) is -0.0762. The molecule has 1 amide bonds. The van der Waals surface area contributed by atoms with Gasteiger partial charge < -0.3 is 9.64 Å². The van der Waals surface area contributed by atoms with E-state index in [1.807, 2.05) is 17.0 Å². The third-order valence-corrected chi connectivity index (χ3v) is 5.87. The van der Waals surface area contributed by atoms with Gasteiger partial charge in [-0.05, 0) is 53.7 Å². The maximum atomic E-state index is 12.7. The number of benzene rings is 1. The van der Waals surface area contributed by atoms with Gasteiger partial charge in [-0.25, -0.2) is 4.79 Å². The second kappa shape index (κ2) is 6.71. The topological polar surface area (TPSA) is 46.6 Å². The van der Waals surface area contributed by atoms with E-state index in [0.29, 0.717) is 11.5 Å². The van der Waals surface area contributed by atoms with Crippen LogP contribution in [0.3, 0.4) is 0 Å². The van der Waals surface area contributed by atoms with Crippen molar-refractivity contribution in [2.24, 2.45) is 10.8 Å². The Morgan fingerprint density at radius 2 is 1.81 bits per heavy atom. The highest BCUT2D eigenvalue weighted by Crippen LogP contribution is 2.52. The highest BCUT2D eigenvalue weighted by molar-refractivity contribution is 5.91. The number of carbonyl (C=O) groups excluding carboxylic acids is 2. The Kier molecular flexibility index (Phi) is 4.89. The minimum atomic E-state index is -0.428. The second-order valence-corrected chi connectivity index (χ2v) is 9.59. The Morgan fingerprint density at radius 1 is 1.15 bits per heavy atom. The van der Waals surface area contributed by atoms with Gasteiger partial charge in [-0.1, -0.05) is 46.8 Å². The van der Waals surface area contributed by atoms with Gasteiger partial charge in [0.25, 0.3) is 5.91 Å². The quantitative estimate of drug-likeness (QED) is 0.751. The summed E-state index contributed by atoms with van der Waals surface area (Å²) in [6, 6.07) is 7.70. The van der Waals surface area contributed by atoms with Crippen LogP contribution in [0.4, 0.5) is 0 Å². The van der Waals surface area contributed by atoms with Crippen molar-refractivity contribution in [3.8, 4) is 0 Å². The van der Waals surface area contributed by atoms with E-state index in [1.165, 1.54) is 5.56 Å². The lowest BCUT2D eigenvalue weighted by atomic mass is 9.65. The fourth-order valence-corrected chi connectivity index (χ4v) is 5.05. The fraction of sp³-hybridized carbons (Fsp3) is 0.636. The molecule has 1 aliphatic carbocycles. The Balaban J connectivity index is 1.58. The first-order valence-electron chi connectivity index (χ1n) is 9.65. The number of amides is 1. The molecule has 0 spiro atoms. The van der Waals surface area contributed by atoms with E-state index in [-0.39, 0.29) is 29.4 Å². The van der Waals surface area contributed by atoms with E-state index in [2.05, 4.69) is 34.6 Å². The predicted octanol–water partition coefficient (Wildman–Crippen LogP) is 4.39. The van der Waals surface area contributed by atoms with E-state index in [1.54, 1.807) is 12.1 Å². The van der Waals surface area contributed by atoms with Crippen LogP contribution in [0.5, 0.6) is 0 Å². The number of hydrogen-bond donors (Lipinski definition) is 0. The second-order valence-electron chi connectivity index (χ2n) is 9.59. The molecule has 4 nitrogen and oxygen atoms in total. The van der Waals surface area contributed by atoms with Crippen molar-refractivity contribution < 1.29 is 14.3 Å². The van der Waals surface area contributed by atoms with Crippen LogP contribution < -0.4 is 0 Å². The summed E-state index contributed by atoms with van der Waals surface area (Å²) < 4.78 is 5.31. The molecule has 4 heteroatoms. The summed E-state index contributed by atoms with van der Waals surface area (Å²) >= 11 is 0. The molecule has 26 heavy (non-hydrogen) atoms. The fourth-order valence-electron chi connectivity index (χ4n) is 5.05. The molecule has 2 aliphatic rings. The normalized spacial score (nSPS) is 26.8. The maximum Gasteiger partial charge on any atom is 0.338 e. The Labute approximate surface area is 156 Å². The van der Waals surface area contributed by atoms with Gasteiger partial charge in [-0.15, -0.1) is 0 Å². The average molecular weight is 357 g/mol. The Morgan fingerprint density at radius 3 is 2.42 bits per heavy atom. The van der Waals surface area contributed by atoms with Gasteiger partial charge in [0, 0.05) is 12.6 Å². The van der Waals surface area contributed by atoms with Gasteiger partial charge >= 0.3 is 5.97 Å². The zero-order valence-corrected chi connectivity index (χ0v) is 16.7. The van der Waals surface area contributed by atoms with Crippen LogP contribution in [-0.4, -0.2) is 36.0 Å². The molecule has 3 rings (SSSR count). The Hall–Kier alpha value is -1.84. The van der Waals surface area contributed by atoms with Crippen molar-refractivity contribution in [1.29, 1.82) is 0 Å². The number of nitrogens with zero attached hydrogens (tertiary/aromatic N) is 1. The van der Waals surface area contributed by atoms with Gasteiger partial charge in [0.15, 0.2) is 6.61 Å². The lowest BCUT2D eigenvalue weighted by molar-refractivity contribution is -0.135. The van der Waals surface area contributed by atoms with E-state index in [9.17, 15) is 9.59 Å². The van der Waals surface area contributed by atoms with Gasteiger partial charge in [0.2, 0.25) is 0 Å². The summed E-state index contributed by atoms with van der Waals surface area (Å²) in [6.07, 6.45) is 3.23. The van der Waals surface area contributed by atoms with Crippen LogP contribution in [0.1, 0.15) is 75.7 Å². The van der Waals surface area contributed by atoms with Gasteiger partial charge in [0.1, 0.15) is 0 Å². The summed E-state index contributed by atoms with van der Waals surface area (Å²) in [5.41, 5.74) is 2.13. The number of fused-ring (bicyclic) bond motifs is 2. The molecule has 142 valence electrons. The van der Waals surface area contributed by atoms with Crippen molar-refractivity contribution in [1.82, 2.24) is 4.90 Å². The smallest absolute Gasteiger partial charge is 0.338 e. The molecule has 0 aromatic heterocycles. The maximum absolute atomic E-state index is 12.7. The van der Waals surface area contributed by atoms with Crippen LogP contribution >= 0.6 is 0 Å². The van der Waals surface area contributed by atoms with E-state index in [0.717, 1.165) is 25.8 Å². The molecule has 0 unspecified atom stereocenters. The largest absolute Gasteiger partial charge is 0.452 e. The third kappa shape index (κ3) is 3.94. The van der Waals surface area contributed by atoms with Gasteiger partial charge in [-0.3, -0.25) is 4.79 Å². The van der Waals surface area contributed by atoms with Crippen molar-refractivity contribution in [3.05, 3.63) is 35.4 Å². The molecule has 1 aromatic carbocycles. The highest BCUT2D eigenvalue weighted by Gasteiger charge is 2.50. The SMILES string of the molecule is CC(C)c1ccc(C(=O)OCC(=O)N2C[C@@]3(C)C[C@@H]2CC(C)(C)C3)cc1. The first-order valence-corrected chi connectivity index (χ1v) is 9.65. The standard InChI is InChI=1S/C22H31NO3/c1-15(2)16-6-8-17(9-7-16)20(25)26-12-19(24)23-14-22(5)11-18(23)10-21(3,4)13-22/h6-9,15,18H,10-14H2,1-5H3/t18-,22-/m0/s1. The highest BCUT2D eigenvalue weighted by atomic mass is 16.5. The van der Waals surface area contributed by atoms with E-state index in [4.69, 9.17) is 4.74 Å². The van der Waals surface area contributed by atoms with Crippen molar-refractivity contribution >= 4 is 11.9 Å². The summed E-state index contributed by atoms with van der Waals surface area (Å²) in [5, 5.41) is 0. The number of ether oxygens (including phenoxy) is 1. The van der Waals surface area contributed by atoms with Crippen molar-refractivity contribution in [2.45, 2.75) is 65.8 Å². The molecule has 1 saturated carbocycles. The third-order valence-electron chi connectivity index (χ3n) is 5.87. The molecule has 2 atom stereocenters. The summed E-state index contributed by atoms with van der Waals surface area (Å²) in [7, 11) is 0. The van der Waals surface area contributed by atoms with Crippen LogP contribution in [0, 0.1) is 10.8 Å². The van der Waals surface area contributed by atoms with Crippen molar-refractivity contribution in [2.75, 3.05) is 13.2 Å². The molecule has 1 aromatic rings. The van der Waals surface area contributed by atoms with Crippen LogP contribution in [0.25, 0.3) is 0 Å². The lowest BCUT2D eigenvalue weighted by Crippen LogP contribution is -2.39. The zero-order chi connectivity index (χ0) is 19.1. The first kappa shape index (κ1) is 18.9. The number of carbonyl (C=O) groups is 2. The molecule has 1 aliphatic heterocycles. The molecule has 2 bridgehead atoms. The average Bonchev–Trinajstić information content (AvgIpc) is 2.81. The van der Waals surface area contributed by atoms with Crippen LogP contribution in [0.2, 0.25) is 0 Å². The number of esters is 1. The molecule has 1 heterocycles. The molecular weight excluding hydrogens is 326 g/mol. The van der Waals surface area contributed by atoms with Crippen molar-refractivity contribution in [3.63, 3.8) is 0 Å². The summed E-state index contributed by atoms with van der Waals surface area (Å²) in [6.45, 7) is 11.7. The van der Waals surface area contributed by atoms with E-state index >= 15 is 0 Å². The minimum Gasteiger partial charge on any atom is -0.452 e. The molecular formula is C22H31NO3. The van der Waals surface area contributed by atoms with Crippen LogP contribution in [0.15, 0.2) is 24.3 Å². The predicted molar refractivity (Wildman–Crippen MR) is 102 cm³/mol. The van der Waals surface area contributed by atoms with E-state index < -0.39 is 5.97 Å². The molecule has 0 N–H and O–H groups in total. The van der Waals surface area contributed by atoms with Gasteiger partial charge in [0.05, 0.1) is 5.56 Å². The Bertz CT molecular complexity index is 692. The molecule has 2 fully saturated rings. The van der Waals surface area contributed by atoms with Crippen LogP contribution in [-0.2, 0) is 9.53 Å². The zero-order valence-electron chi connectivity index (χ0n) is 16.7. The van der Waals surface area contributed by atoms with Gasteiger partial charge in [-0.2, -0.15) is 0 Å². The number of likely N-dealkylation sites (tertiary alicyclic amines) is 1. The molecule has 0 radical (unpaired) electrons. The number of rotatable bonds is 4. The lowest BCUT2D eigenvalue weighted by Gasteiger charge is -2.39. The number of hydrogen-bond acceptors (Lipinski definition) is 3. The first-order chi connectivity index (χ1) is 12.1. The summed E-state index contributed by atoms with van der Waals surface area (Å²) in [4.78, 5) is 26.9.